The quantitative estimate of drug-likeness (QED) is 0.748. The van der Waals surface area contributed by atoms with Crippen molar-refractivity contribution in [1.29, 1.82) is 0 Å². The lowest BCUT2D eigenvalue weighted by molar-refractivity contribution is -0.121. The van der Waals surface area contributed by atoms with Crippen LogP contribution in [-0.2, 0) is 22.7 Å². The molecule has 0 aliphatic carbocycles. The van der Waals surface area contributed by atoms with Crippen molar-refractivity contribution in [2.24, 2.45) is 5.73 Å². The molecule has 4 heteroatoms. The van der Waals surface area contributed by atoms with Gasteiger partial charge in [0.05, 0.1) is 6.61 Å². The second-order valence-corrected chi connectivity index (χ2v) is 3.57. The van der Waals surface area contributed by atoms with Crippen LogP contribution in [0.25, 0.3) is 0 Å². The summed E-state index contributed by atoms with van der Waals surface area (Å²) in [6.07, 6.45) is 0.373. The number of methoxy groups -OCH3 is 1. The minimum absolute atomic E-state index is 0.0142. The molecule has 0 fully saturated rings. The van der Waals surface area contributed by atoms with E-state index in [4.69, 9.17) is 10.5 Å². The summed E-state index contributed by atoms with van der Waals surface area (Å²) < 4.78 is 5.04. The zero-order valence-corrected chi connectivity index (χ0v) is 9.53. The Labute approximate surface area is 95.8 Å². The van der Waals surface area contributed by atoms with Crippen molar-refractivity contribution >= 4 is 5.91 Å². The van der Waals surface area contributed by atoms with Gasteiger partial charge in [0.1, 0.15) is 0 Å². The van der Waals surface area contributed by atoms with Gasteiger partial charge < -0.3 is 15.8 Å². The van der Waals surface area contributed by atoms with Crippen molar-refractivity contribution in [2.75, 3.05) is 13.7 Å². The van der Waals surface area contributed by atoms with Crippen LogP contribution in [0.2, 0.25) is 0 Å². The zero-order chi connectivity index (χ0) is 11.8. The van der Waals surface area contributed by atoms with Crippen LogP contribution in [0.15, 0.2) is 24.3 Å². The predicted molar refractivity (Wildman–Crippen MR) is 62.7 cm³/mol. The molecule has 0 spiro atoms. The number of hydrogen-bond donors (Lipinski definition) is 2. The van der Waals surface area contributed by atoms with Gasteiger partial charge >= 0.3 is 0 Å². The number of amides is 1. The van der Waals surface area contributed by atoms with Crippen molar-refractivity contribution in [3.05, 3.63) is 35.4 Å². The number of carbonyl (C=O) groups is 1. The molecule has 0 bridgehead atoms. The smallest absolute Gasteiger partial charge is 0.221 e. The molecule has 4 nitrogen and oxygen atoms in total. The summed E-state index contributed by atoms with van der Waals surface area (Å²) in [6.45, 7) is 1.51. The molecule has 0 aromatic heterocycles. The molecular weight excluding hydrogens is 204 g/mol. The second-order valence-electron chi connectivity index (χ2n) is 3.57. The average molecular weight is 222 g/mol. The average Bonchev–Trinajstić information content (AvgIpc) is 2.28. The Hall–Kier alpha value is -1.39. The number of hydrogen-bond acceptors (Lipinski definition) is 3. The number of nitrogens with one attached hydrogen (secondary N) is 1. The van der Waals surface area contributed by atoms with Crippen molar-refractivity contribution in [3.63, 3.8) is 0 Å². The van der Waals surface area contributed by atoms with Gasteiger partial charge in [-0.05, 0) is 11.1 Å². The van der Waals surface area contributed by atoms with Crippen molar-refractivity contribution in [3.8, 4) is 0 Å². The summed E-state index contributed by atoms with van der Waals surface area (Å²) in [7, 11) is 1.66. The van der Waals surface area contributed by atoms with E-state index >= 15 is 0 Å². The van der Waals surface area contributed by atoms with Crippen LogP contribution in [0, 0.1) is 0 Å². The highest BCUT2D eigenvalue weighted by Gasteiger charge is 2.00. The third-order valence-corrected chi connectivity index (χ3v) is 2.16. The van der Waals surface area contributed by atoms with Crippen LogP contribution < -0.4 is 11.1 Å². The largest absolute Gasteiger partial charge is 0.380 e. The molecule has 1 amide bonds. The summed E-state index contributed by atoms with van der Waals surface area (Å²) in [5.41, 5.74) is 7.46. The van der Waals surface area contributed by atoms with Gasteiger partial charge in [-0.25, -0.2) is 0 Å². The number of rotatable bonds is 6. The van der Waals surface area contributed by atoms with Crippen molar-refractivity contribution in [1.82, 2.24) is 5.32 Å². The molecule has 0 atom stereocenters. The minimum Gasteiger partial charge on any atom is -0.380 e. The summed E-state index contributed by atoms with van der Waals surface area (Å²) in [5.74, 6) is -0.0142. The van der Waals surface area contributed by atoms with Crippen LogP contribution in [0.1, 0.15) is 17.5 Å². The van der Waals surface area contributed by atoms with Gasteiger partial charge in [0.2, 0.25) is 5.91 Å². The molecule has 0 saturated carbocycles. The second kappa shape index (κ2) is 6.98. The highest BCUT2D eigenvalue weighted by molar-refractivity contribution is 5.76. The van der Waals surface area contributed by atoms with Crippen LogP contribution in [-0.4, -0.2) is 19.6 Å². The topological polar surface area (TPSA) is 64.3 Å². The van der Waals surface area contributed by atoms with Gasteiger partial charge in [-0.1, -0.05) is 24.3 Å². The van der Waals surface area contributed by atoms with Gasteiger partial charge in [0.15, 0.2) is 0 Å². The van der Waals surface area contributed by atoms with E-state index in [1.807, 2.05) is 24.3 Å². The first-order chi connectivity index (χ1) is 7.76. The summed E-state index contributed by atoms with van der Waals surface area (Å²) in [6, 6.07) is 7.95. The normalized spacial score (nSPS) is 10.1. The fraction of sp³-hybridized carbons (Fsp3) is 0.417. The molecule has 88 valence electrons. The lowest BCUT2D eigenvalue weighted by Gasteiger charge is -2.06. The van der Waals surface area contributed by atoms with Gasteiger partial charge in [-0.3, -0.25) is 4.79 Å². The first-order valence-corrected chi connectivity index (χ1v) is 5.29. The number of nitrogens with two attached hydrogens (primary N) is 1. The van der Waals surface area contributed by atoms with E-state index in [1.165, 1.54) is 0 Å². The molecule has 3 N–H and O–H groups in total. The van der Waals surface area contributed by atoms with Gasteiger partial charge in [0.25, 0.3) is 0 Å². The molecule has 1 aromatic rings. The third-order valence-electron chi connectivity index (χ3n) is 2.16. The molecule has 0 aliphatic rings. The van der Waals surface area contributed by atoms with Gasteiger partial charge in [-0.2, -0.15) is 0 Å². The lowest BCUT2D eigenvalue weighted by atomic mass is 10.1. The van der Waals surface area contributed by atoms with E-state index in [0.29, 0.717) is 26.1 Å². The molecule has 1 aromatic carbocycles. The molecular formula is C12H18N2O2. The maximum atomic E-state index is 11.2. The third kappa shape index (κ3) is 4.42. The number of benzene rings is 1. The SMILES string of the molecule is COCc1cccc(CNC(=O)CCN)c1. The zero-order valence-electron chi connectivity index (χ0n) is 9.53. The Balaban J connectivity index is 2.47. The number of ether oxygens (including phenoxy) is 1. The van der Waals surface area contributed by atoms with Crippen LogP contribution in [0.4, 0.5) is 0 Å². The molecule has 0 aliphatic heterocycles. The van der Waals surface area contributed by atoms with E-state index < -0.39 is 0 Å². The van der Waals surface area contributed by atoms with E-state index in [2.05, 4.69) is 5.32 Å². The van der Waals surface area contributed by atoms with Crippen molar-refractivity contribution < 1.29 is 9.53 Å². The van der Waals surface area contributed by atoms with Crippen LogP contribution in [0.3, 0.4) is 0 Å². The van der Waals surface area contributed by atoms with Crippen LogP contribution in [0.5, 0.6) is 0 Å². The highest BCUT2D eigenvalue weighted by Crippen LogP contribution is 2.06. The standard InChI is InChI=1S/C12H18N2O2/c1-16-9-11-4-2-3-10(7-11)8-14-12(15)5-6-13/h2-4,7H,5-6,8-9,13H2,1H3,(H,14,15). The first kappa shape index (κ1) is 12.7. The molecule has 0 saturated heterocycles. The Kier molecular flexibility index (Phi) is 5.53. The summed E-state index contributed by atoms with van der Waals surface area (Å²) in [5, 5.41) is 2.81. The predicted octanol–water partition coefficient (Wildman–Crippen LogP) is 0.798. The van der Waals surface area contributed by atoms with E-state index in [1.54, 1.807) is 7.11 Å². The molecule has 1 rings (SSSR count). The Morgan fingerprint density at radius 2 is 2.19 bits per heavy atom. The summed E-state index contributed by atoms with van der Waals surface area (Å²) in [4.78, 5) is 11.2. The fourth-order valence-electron chi connectivity index (χ4n) is 1.42. The Morgan fingerprint density at radius 1 is 1.44 bits per heavy atom. The molecule has 0 heterocycles. The monoisotopic (exact) mass is 222 g/mol. The maximum Gasteiger partial charge on any atom is 0.221 e. The molecule has 0 unspecified atom stereocenters. The fourth-order valence-corrected chi connectivity index (χ4v) is 1.42. The van der Waals surface area contributed by atoms with Crippen LogP contribution >= 0.6 is 0 Å². The van der Waals surface area contributed by atoms with E-state index in [9.17, 15) is 4.79 Å². The van der Waals surface area contributed by atoms with Gasteiger partial charge in [-0.15, -0.1) is 0 Å². The first-order valence-electron chi connectivity index (χ1n) is 5.29. The summed E-state index contributed by atoms with van der Waals surface area (Å²) >= 11 is 0. The minimum atomic E-state index is -0.0142. The van der Waals surface area contributed by atoms with Crippen molar-refractivity contribution in [2.45, 2.75) is 19.6 Å². The molecule has 16 heavy (non-hydrogen) atoms. The highest BCUT2D eigenvalue weighted by atomic mass is 16.5. The van der Waals surface area contributed by atoms with Gasteiger partial charge in [0, 0.05) is 26.6 Å². The maximum absolute atomic E-state index is 11.2. The van der Waals surface area contributed by atoms with E-state index in [-0.39, 0.29) is 5.91 Å². The lowest BCUT2D eigenvalue weighted by Crippen LogP contribution is -2.25. The number of carbonyl (C=O) groups excluding carboxylic acids is 1. The Morgan fingerprint density at radius 3 is 2.88 bits per heavy atom. The molecule has 0 radical (unpaired) electrons. The van der Waals surface area contributed by atoms with E-state index in [0.717, 1.165) is 11.1 Å². The Bertz CT molecular complexity index is 340.